The Balaban J connectivity index is 2.27. The lowest BCUT2D eigenvalue weighted by atomic mass is 9.92. The molecule has 2 rings (SSSR count). The molecule has 2 unspecified atom stereocenters. The van der Waals surface area contributed by atoms with Crippen molar-refractivity contribution >= 4 is 23.3 Å². The largest absolute Gasteiger partial charge is 0.465 e. The van der Waals surface area contributed by atoms with Crippen molar-refractivity contribution in [2.75, 3.05) is 24.3 Å². The lowest BCUT2D eigenvalue weighted by molar-refractivity contribution is -0.122. The fraction of sp³-hybridized carbons (Fsp3) is 0.467. The molecule has 1 aliphatic heterocycles. The summed E-state index contributed by atoms with van der Waals surface area (Å²) in [4.78, 5) is 25.0. The number of amides is 1. The van der Waals surface area contributed by atoms with Crippen LogP contribution in [0.25, 0.3) is 0 Å². The maximum atomic E-state index is 11.5. The molecular formula is C15H21N3O3. The van der Waals surface area contributed by atoms with E-state index in [9.17, 15) is 9.59 Å². The molecule has 114 valence electrons. The van der Waals surface area contributed by atoms with Crippen LogP contribution in [0.1, 0.15) is 30.1 Å². The highest BCUT2D eigenvalue weighted by Crippen LogP contribution is 2.32. The summed E-state index contributed by atoms with van der Waals surface area (Å²) in [5, 5.41) is 0. The van der Waals surface area contributed by atoms with Gasteiger partial charge in [-0.25, -0.2) is 4.79 Å². The smallest absolute Gasteiger partial charge is 0.337 e. The quantitative estimate of drug-likeness (QED) is 0.643. The van der Waals surface area contributed by atoms with Crippen molar-refractivity contribution in [2.24, 2.45) is 11.7 Å². The molecule has 1 aromatic rings. The first-order valence-electron chi connectivity index (χ1n) is 6.97. The van der Waals surface area contributed by atoms with E-state index >= 15 is 0 Å². The molecule has 0 spiro atoms. The molecular weight excluding hydrogens is 270 g/mol. The molecule has 0 aliphatic carbocycles. The molecule has 1 amide bonds. The van der Waals surface area contributed by atoms with Crippen molar-refractivity contribution in [3.8, 4) is 0 Å². The molecule has 2 atom stereocenters. The minimum atomic E-state index is -0.421. The topological polar surface area (TPSA) is 98.6 Å². The zero-order valence-corrected chi connectivity index (χ0v) is 12.3. The average Bonchev–Trinajstić information content (AvgIpc) is 2.47. The van der Waals surface area contributed by atoms with E-state index in [4.69, 9.17) is 11.5 Å². The Morgan fingerprint density at radius 2 is 2.05 bits per heavy atom. The van der Waals surface area contributed by atoms with E-state index < -0.39 is 5.97 Å². The van der Waals surface area contributed by atoms with Crippen molar-refractivity contribution in [3.05, 3.63) is 23.8 Å². The molecule has 0 saturated carbocycles. The highest BCUT2D eigenvalue weighted by atomic mass is 16.5. The van der Waals surface area contributed by atoms with Crippen molar-refractivity contribution < 1.29 is 14.3 Å². The minimum absolute atomic E-state index is 0.166. The predicted molar refractivity (Wildman–Crippen MR) is 80.9 cm³/mol. The summed E-state index contributed by atoms with van der Waals surface area (Å²) in [6, 6.07) is 5.34. The van der Waals surface area contributed by atoms with Crippen molar-refractivity contribution in [1.82, 2.24) is 0 Å². The van der Waals surface area contributed by atoms with E-state index in [0.717, 1.165) is 18.5 Å². The Morgan fingerprint density at radius 1 is 1.33 bits per heavy atom. The highest BCUT2D eigenvalue weighted by molar-refractivity contribution is 5.92. The molecule has 1 fully saturated rings. The van der Waals surface area contributed by atoms with Crippen LogP contribution in [0.2, 0.25) is 0 Å². The van der Waals surface area contributed by atoms with Crippen molar-refractivity contribution in [2.45, 2.75) is 25.8 Å². The molecule has 0 radical (unpaired) electrons. The van der Waals surface area contributed by atoms with Gasteiger partial charge in [0, 0.05) is 12.6 Å². The number of anilines is 2. The number of hydrogen-bond donors (Lipinski definition) is 2. The number of carbonyl (C=O) groups is 2. The van der Waals surface area contributed by atoms with Crippen LogP contribution < -0.4 is 16.4 Å². The standard InChI is InChI=1S/C15H21N3O3/c1-9-3-4-11(14(17)19)8-18(9)13-6-5-10(7-12(13)16)15(20)21-2/h5-7,9,11H,3-4,8,16H2,1-2H3,(H2,17,19). The molecule has 1 aliphatic rings. The Bertz CT molecular complexity index is 559. The molecule has 21 heavy (non-hydrogen) atoms. The van der Waals surface area contributed by atoms with Crippen LogP contribution in [0.4, 0.5) is 11.4 Å². The fourth-order valence-electron chi connectivity index (χ4n) is 2.74. The van der Waals surface area contributed by atoms with Gasteiger partial charge in [-0.3, -0.25) is 4.79 Å². The van der Waals surface area contributed by atoms with Gasteiger partial charge in [0.25, 0.3) is 0 Å². The summed E-state index contributed by atoms with van der Waals surface area (Å²) >= 11 is 0. The van der Waals surface area contributed by atoms with Crippen LogP contribution in [0.3, 0.4) is 0 Å². The van der Waals surface area contributed by atoms with E-state index in [1.165, 1.54) is 7.11 Å². The molecule has 1 aromatic carbocycles. The normalized spacial score (nSPS) is 21.9. The zero-order chi connectivity index (χ0) is 15.6. The maximum absolute atomic E-state index is 11.5. The first-order chi connectivity index (χ1) is 9.93. The second-order valence-electron chi connectivity index (χ2n) is 5.44. The lowest BCUT2D eigenvalue weighted by Crippen LogP contribution is -2.46. The maximum Gasteiger partial charge on any atom is 0.337 e. The summed E-state index contributed by atoms with van der Waals surface area (Å²) in [6.07, 6.45) is 1.68. The molecule has 1 saturated heterocycles. The first kappa shape index (κ1) is 15.2. The zero-order valence-electron chi connectivity index (χ0n) is 12.3. The van der Waals surface area contributed by atoms with Crippen LogP contribution in [0.5, 0.6) is 0 Å². The summed E-state index contributed by atoms with van der Waals surface area (Å²) < 4.78 is 4.68. The number of carbonyl (C=O) groups excluding carboxylic acids is 2. The summed E-state index contributed by atoms with van der Waals surface area (Å²) in [5.41, 5.74) is 13.2. The Labute approximate surface area is 124 Å². The van der Waals surface area contributed by atoms with Gasteiger partial charge in [-0.05, 0) is 38.0 Å². The summed E-state index contributed by atoms with van der Waals surface area (Å²) in [5.74, 6) is -0.868. The predicted octanol–water partition coefficient (Wildman–Crippen LogP) is 1.15. The molecule has 6 nitrogen and oxygen atoms in total. The molecule has 1 heterocycles. The number of nitrogen functional groups attached to an aromatic ring is 1. The van der Waals surface area contributed by atoms with Gasteiger partial charge in [-0.2, -0.15) is 0 Å². The second kappa shape index (κ2) is 6.03. The molecule has 0 aromatic heterocycles. The number of hydrogen-bond acceptors (Lipinski definition) is 5. The lowest BCUT2D eigenvalue weighted by Gasteiger charge is -2.39. The third-order valence-corrected chi connectivity index (χ3v) is 4.04. The van der Waals surface area contributed by atoms with Gasteiger partial charge in [-0.1, -0.05) is 0 Å². The molecule has 6 heteroatoms. The van der Waals surface area contributed by atoms with Crippen LogP contribution >= 0.6 is 0 Å². The second-order valence-corrected chi connectivity index (χ2v) is 5.44. The summed E-state index contributed by atoms with van der Waals surface area (Å²) in [6.45, 7) is 2.64. The van der Waals surface area contributed by atoms with E-state index in [1.807, 2.05) is 0 Å². The van der Waals surface area contributed by atoms with Gasteiger partial charge >= 0.3 is 5.97 Å². The van der Waals surface area contributed by atoms with Crippen LogP contribution in [-0.2, 0) is 9.53 Å². The van der Waals surface area contributed by atoms with Gasteiger partial charge in [0.2, 0.25) is 5.91 Å². The number of nitrogens with zero attached hydrogens (tertiary/aromatic N) is 1. The van der Waals surface area contributed by atoms with Gasteiger partial charge in [0.15, 0.2) is 0 Å². The van der Waals surface area contributed by atoms with Gasteiger partial charge in [0.05, 0.1) is 30.0 Å². The van der Waals surface area contributed by atoms with Crippen LogP contribution in [0.15, 0.2) is 18.2 Å². The van der Waals surface area contributed by atoms with Crippen molar-refractivity contribution in [1.29, 1.82) is 0 Å². The number of benzene rings is 1. The number of methoxy groups -OCH3 is 1. The van der Waals surface area contributed by atoms with Crippen LogP contribution in [-0.4, -0.2) is 31.6 Å². The van der Waals surface area contributed by atoms with Crippen LogP contribution in [0, 0.1) is 5.92 Å². The third-order valence-electron chi connectivity index (χ3n) is 4.04. The van der Waals surface area contributed by atoms with E-state index in [1.54, 1.807) is 18.2 Å². The first-order valence-corrected chi connectivity index (χ1v) is 6.97. The van der Waals surface area contributed by atoms with Gasteiger partial charge in [0.1, 0.15) is 0 Å². The highest BCUT2D eigenvalue weighted by Gasteiger charge is 2.29. The van der Waals surface area contributed by atoms with Gasteiger partial charge in [-0.15, -0.1) is 0 Å². The number of ether oxygens (including phenoxy) is 1. The number of primary amides is 1. The number of piperidine rings is 1. The van der Waals surface area contributed by atoms with Gasteiger partial charge < -0.3 is 21.1 Å². The number of rotatable bonds is 3. The Morgan fingerprint density at radius 3 is 2.62 bits per heavy atom. The van der Waals surface area contributed by atoms with E-state index in [2.05, 4.69) is 16.6 Å². The Hall–Kier alpha value is -2.24. The molecule has 0 bridgehead atoms. The monoisotopic (exact) mass is 291 g/mol. The Kier molecular flexibility index (Phi) is 4.35. The van der Waals surface area contributed by atoms with Crippen molar-refractivity contribution in [3.63, 3.8) is 0 Å². The number of nitrogens with two attached hydrogens (primary N) is 2. The SMILES string of the molecule is COC(=O)c1ccc(N2CC(C(N)=O)CCC2C)c(N)c1. The number of esters is 1. The van der Waals surface area contributed by atoms with E-state index in [-0.39, 0.29) is 17.9 Å². The fourth-order valence-corrected chi connectivity index (χ4v) is 2.74. The molecule has 4 N–H and O–H groups in total. The third kappa shape index (κ3) is 3.09. The summed E-state index contributed by atoms with van der Waals surface area (Å²) in [7, 11) is 1.33. The minimum Gasteiger partial charge on any atom is -0.465 e. The average molecular weight is 291 g/mol. The van der Waals surface area contributed by atoms with E-state index in [0.29, 0.717) is 17.8 Å².